The molecule has 0 bridgehead atoms. The molecule has 1 nitrogen and oxygen atoms in total. The first-order valence-corrected chi connectivity index (χ1v) is 15.1. The zero-order valence-corrected chi connectivity index (χ0v) is 19.1. The summed E-state index contributed by atoms with van der Waals surface area (Å²) in [5.41, 5.74) is 0. The lowest BCUT2D eigenvalue weighted by atomic mass is 10.4. The summed E-state index contributed by atoms with van der Waals surface area (Å²) < 4.78 is 6.10. The van der Waals surface area contributed by atoms with Crippen molar-refractivity contribution in [3.05, 3.63) is 121 Å². The SMILES string of the molecule is c1ccc([Si]2(c3ccccc3)CCC[Si](c3ccccc3)(c3ccccc3)[N]2)cc1. The van der Waals surface area contributed by atoms with Crippen molar-refractivity contribution in [2.45, 2.75) is 18.5 Å². The summed E-state index contributed by atoms with van der Waals surface area (Å²) >= 11 is 0. The number of benzene rings is 4. The maximum atomic E-state index is 6.10. The molecule has 0 aliphatic carbocycles. The topological polar surface area (TPSA) is 14.1 Å². The first-order valence-electron chi connectivity index (χ1n) is 10.8. The number of rotatable bonds is 4. The van der Waals surface area contributed by atoms with Gasteiger partial charge in [0, 0.05) is 0 Å². The van der Waals surface area contributed by atoms with Gasteiger partial charge in [-0.15, -0.1) is 0 Å². The van der Waals surface area contributed by atoms with Gasteiger partial charge in [0.25, 0.3) is 0 Å². The molecule has 1 aliphatic heterocycles. The van der Waals surface area contributed by atoms with Crippen LogP contribution in [-0.2, 0) is 0 Å². The highest BCUT2D eigenvalue weighted by Crippen LogP contribution is 2.28. The van der Waals surface area contributed by atoms with Gasteiger partial charge in [-0.1, -0.05) is 128 Å². The van der Waals surface area contributed by atoms with Gasteiger partial charge >= 0.3 is 0 Å². The zero-order chi connectivity index (χ0) is 20.3. The van der Waals surface area contributed by atoms with E-state index in [4.69, 9.17) is 4.65 Å². The largest absolute Gasteiger partial charge is 0.277 e. The van der Waals surface area contributed by atoms with Gasteiger partial charge in [-0.25, -0.2) is 0 Å². The fourth-order valence-corrected chi connectivity index (χ4v) is 17.2. The van der Waals surface area contributed by atoms with Crippen LogP contribution in [0.25, 0.3) is 0 Å². The zero-order valence-electron chi connectivity index (χ0n) is 17.1. The fraction of sp³-hybridized carbons (Fsp3) is 0.111. The quantitative estimate of drug-likeness (QED) is 0.449. The smallest absolute Gasteiger partial charge is 0.199 e. The summed E-state index contributed by atoms with van der Waals surface area (Å²) in [6.45, 7) is 0. The molecule has 3 heteroatoms. The lowest BCUT2D eigenvalue weighted by Crippen LogP contribution is -2.80. The number of hydrogen-bond acceptors (Lipinski definition) is 0. The maximum absolute atomic E-state index is 6.10. The second kappa shape index (κ2) is 8.19. The molecule has 1 aliphatic rings. The van der Waals surface area contributed by atoms with E-state index >= 15 is 0 Å². The van der Waals surface area contributed by atoms with Crippen molar-refractivity contribution in [1.82, 2.24) is 4.65 Å². The van der Waals surface area contributed by atoms with Crippen LogP contribution < -0.4 is 25.4 Å². The summed E-state index contributed by atoms with van der Waals surface area (Å²) in [6, 6.07) is 46.9. The van der Waals surface area contributed by atoms with Crippen LogP contribution in [0.3, 0.4) is 0 Å². The van der Waals surface area contributed by atoms with Crippen LogP contribution in [0.2, 0.25) is 12.1 Å². The summed E-state index contributed by atoms with van der Waals surface area (Å²) in [6.07, 6.45) is 1.23. The second-order valence-corrected chi connectivity index (χ2v) is 15.8. The van der Waals surface area contributed by atoms with Gasteiger partial charge in [0.1, 0.15) is 0 Å². The van der Waals surface area contributed by atoms with E-state index in [2.05, 4.69) is 121 Å². The first kappa shape index (κ1) is 19.2. The molecule has 0 unspecified atom stereocenters. The molecule has 0 spiro atoms. The summed E-state index contributed by atoms with van der Waals surface area (Å²) in [7, 11) is -4.50. The molecule has 1 fully saturated rings. The van der Waals surface area contributed by atoms with Crippen molar-refractivity contribution in [2.75, 3.05) is 0 Å². The van der Waals surface area contributed by atoms with E-state index in [0.29, 0.717) is 0 Å². The van der Waals surface area contributed by atoms with Crippen molar-refractivity contribution in [3.63, 3.8) is 0 Å². The lowest BCUT2D eigenvalue weighted by Gasteiger charge is -2.46. The predicted octanol–water partition coefficient (Wildman–Crippen LogP) is 3.51. The van der Waals surface area contributed by atoms with E-state index < -0.39 is 16.5 Å². The average Bonchev–Trinajstić information content (AvgIpc) is 2.86. The van der Waals surface area contributed by atoms with E-state index in [9.17, 15) is 0 Å². The van der Waals surface area contributed by atoms with Crippen molar-refractivity contribution in [2.24, 2.45) is 0 Å². The molecule has 1 saturated heterocycles. The molecule has 4 aromatic rings. The molecule has 0 atom stereocenters. The molecular weight excluding hydrogens is 394 g/mol. The molecule has 1 heterocycles. The van der Waals surface area contributed by atoms with Crippen molar-refractivity contribution < 1.29 is 0 Å². The highest BCUT2D eigenvalue weighted by atomic mass is 28.4. The van der Waals surface area contributed by atoms with Crippen LogP contribution >= 0.6 is 0 Å². The fourth-order valence-electron chi connectivity index (χ4n) is 5.06. The van der Waals surface area contributed by atoms with Crippen molar-refractivity contribution in [1.29, 1.82) is 0 Å². The second-order valence-electron chi connectivity index (χ2n) is 8.15. The van der Waals surface area contributed by atoms with E-state index in [1.165, 1.54) is 39.3 Å². The van der Waals surface area contributed by atoms with Crippen LogP contribution in [0.1, 0.15) is 6.42 Å². The van der Waals surface area contributed by atoms with E-state index in [1.807, 2.05) is 0 Å². The minimum absolute atomic E-state index is 1.19. The normalized spacial score (nSPS) is 17.3. The molecule has 30 heavy (non-hydrogen) atoms. The van der Waals surface area contributed by atoms with Gasteiger partial charge in [-0.2, -0.15) is 0 Å². The van der Waals surface area contributed by atoms with Gasteiger partial charge in [0.15, 0.2) is 16.5 Å². The minimum Gasteiger partial charge on any atom is -0.277 e. The van der Waals surface area contributed by atoms with Crippen LogP contribution in [0, 0.1) is 0 Å². The maximum Gasteiger partial charge on any atom is 0.199 e. The molecule has 147 valence electrons. The monoisotopic (exact) mass is 420 g/mol. The molecule has 0 amide bonds. The first-order chi connectivity index (χ1) is 14.8. The molecular formula is C27H26NSi2. The van der Waals surface area contributed by atoms with Gasteiger partial charge in [-0.3, -0.25) is 4.65 Å². The molecule has 1 radical (unpaired) electrons. The third kappa shape index (κ3) is 3.29. The van der Waals surface area contributed by atoms with Gasteiger partial charge < -0.3 is 0 Å². The van der Waals surface area contributed by atoms with Crippen molar-refractivity contribution in [3.8, 4) is 0 Å². The Balaban J connectivity index is 1.74. The molecule has 0 N–H and O–H groups in total. The third-order valence-electron chi connectivity index (χ3n) is 6.46. The van der Waals surface area contributed by atoms with Crippen LogP contribution in [0.5, 0.6) is 0 Å². The van der Waals surface area contributed by atoms with Gasteiger partial charge in [0.05, 0.1) is 0 Å². The highest BCUT2D eigenvalue weighted by molar-refractivity contribution is 7.14. The van der Waals surface area contributed by atoms with Crippen LogP contribution in [0.15, 0.2) is 121 Å². The Morgan fingerprint density at radius 1 is 0.400 bits per heavy atom. The average molecular weight is 421 g/mol. The van der Waals surface area contributed by atoms with Gasteiger partial charge in [-0.05, 0) is 32.8 Å². The Kier molecular flexibility index (Phi) is 5.25. The Labute approximate surface area is 181 Å². The van der Waals surface area contributed by atoms with Crippen LogP contribution in [0.4, 0.5) is 0 Å². The summed E-state index contributed by atoms with van der Waals surface area (Å²) in [5.74, 6) is 0. The van der Waals surface area contributed by atoms with Crippen molar-refractivity contribution >= 4 is 37.2 Å². The van der Waals surface area contributed by atoms with E-state index in [1.54, 1.807) is 0 Å². The standard InChI is InChI=1S/C27H26NSi2/c1-5-14-24(15-6-1)29(25-16-7-2-8-17-25)22-13-23-30(28-29,26-18-9-3-10-19-26)27-20-11-4-12-21-27/h1-12,14-21H,13,22-23H2. The summed E-state index contributed by atoms with van der Waals surface area (Å²) in [4.78, 5) is 0. The van der Waals surface area contributed by atoms with Gasteiger partial charge in [0.2, 0.25) is 0 Å². The highest BCUT2D eigenvalue weighted by Gasteiger charge is 2.52. The Hall–Kier alpha value is -2.73. The minimum atomic E-state index is -2.25. The third-order valence-corrected chi connectivity index (χ3v) is 16.8. The Bertz CT molecular complexity index is 915. The van der Waals surface area contributed by atoms with Crippen LogP contribution in [-0.4, -0.2) is 16.5 Å². The number of hydrogen-bond donors (Lipinski definition) is 0. The summed E-state index contributed by atoms with van der Waals surface area (Å²) in [5, 5.41) is 5.78. The Morgan fingerprint density at radius 3 is 0.933 bits per heavy atom. The lowest BCUT2D eigenvalue weighted by molar-refractivity contribution is 0.959. The number of nitrogens with zero attached hydrogens (tertiary/aromatic N) is 1. The van der Waals surface area contributed by atoms with E-state index in [0.717, 1.165) is 0 Å². The Morgan fingerprint density at radius 2 is 0.667 bits per heavy atom. The molecule has 5 rings (SSSR count). The molecule has 0 aromatic heterocycles. The molecule has 0 saturated carbocycles. The molecule has 4 aromatic carbocycles. The van der Waals surface area contributed by atoms with E-state index in [-0.39, 0.29) is 0 Å². The predicted molar refractivity (Wildman–Crippen MR) is 132 cm³/mol.